The van der Waals surface area contributed by atoms with Gasteiger partial charge in [0.1, 0.15) is 0 Å². The minimum Gasteiger partial charge on any atom is -0.324 e. The fraction of sp³-hybridized carbons (Fsp3) is 0.235. The van der Waals surface area contributed by atoms with Gasteiger partial charge in [0.2, 0.25) is 5.91 Å². The number of carbonyl (C=O) groups is 1. The highest BCUT2D eigenvalue weighted by Crippen LogP contribution is 2.17. The molecule has 0 aliphatic carbocycles. The molecule has 1 amide bonds. The minimum absolute atomic E-state index is 0.00649. The number of hydrogen-bond acceptors (Lipinski definition) is 2. The van der Waals surface area contributed by atoms with Crippen LogP contribution in [0.25, 0.3) is 0 Å². The molecule has 0 fully saturated rings. The van der Waals surface area contributed by atoms with Crippen molar-refractivity contribution >= 4 is 45.8 Å². The molecular weight excluding hydrogens is 411 g/mol. The average Bonchev–Trinajstić information content (AvgIpc) is 2.49. The summed E-state index contributed by atoms with van der Waals surface area (Å²) in [5.74, 6) is -0.00649. The van der Waals surface area contributed by atoms with Gasteiger partial charge in [-0.15, -0.1) is 0 Å². The summed E-state index contributed by atoms with van der Waals surface area (Å²) in [6, 6.07) is 15.5. The number of carbonyl (C=O) groups excluding carboxylic acids is 1. The van der Waals surface area contributed by atoms with Crippen molar-refractivity contribution in [2.75, 3.05) is 18.4 Å². The van der Waals surface area contributed by atoms with Crippen molar-refractivity contribution in [1.82, 2.24) is 4.90 Å². The van der Waals surface area contributed by atoms with E-state index >= 15 is 0 Å². The first kappa shape index (κ1) is 17.2. The van der Waals surface area contributed by atoms with Crippen LogP contribution in [-0.2, 0) is 11.3 Å². The molecule has 0 radical (unpaired) electrons. The number of likely N-dealkylation sites (N-methyl/N-ethyl adjacent to an activating group) is 1. The molecule has 0 aromatic heterocycles. The van der Waals surface area contributed by atoms with Crippen molar-refractivity contribution in [3.05, 3.63) is 62.7 Å². The third-order valence-electron chi connectivity index (χ3n) is 3.26. The van der Waals surface area contributed by atoms with Crippen molar-refractivity contribution in [2.45, 2.75) is 13.5 Å². The monoisotopic (exact) mass is 428 g/mol. The molecule has 0 saturated heterocycles. The number of para-hydroxylation sites is 1. The molecule has 5 heteroatoms. The van der Waals surface area contributed by atoms with E-state index in [1.165, 1.54) is 0 Å². The topological polar surface area (TPSA) is 32.3 Å². The smallest absolute Gasteiger partial charge is 0.238 e. The van der Waals surface area contributed by atoms with Crippen molar-refractivity contribution in [3.63, 3.8) is 0 Å². The van der Waals surface area contributed by atoms with Crippen LogP contribution in [0.3, 0.4) is 0 Å². The molecule has 116 valence electrons. The number of hydrogen-bond donors (Lipinski definition) is 1. The quantitative estimate of drug-likeness (QED) is 0.692. The number of nitrogens with one attached hydrogen (secondary N) is 1. The Hall–Kier alpha value is -1.11. The Morgan fingerprint density at radius 3 is 2.68 bits per heavy atom. The molecule has 0 bridgehead atoms. The van der Waals surface area contributed by atoms with Gasteiger partial charge in [-0.2, -0.15) is 0 Å². The Morgan fingerprint density at radius 2 is 2.00 bits per heavy atom. The molecule has 0 unspecified atom stereocenters. The SMILES string of the molecule is CCN(CC(=O)Nc1ccccc1I)Cc1cccc(Cl)c1. The zero-order valence-electron chi connectivity index (χ0n) is 12.4. The van der Waals surface area contributed by atoms with Gasteiger partial charge < -0.3 is 5.32 Å². The van der Waals surface area contributed by atoms with Crippen LogP contribution in [0.4, 0.5) is 5.69 Å². The summed E-state index contributed by atoms with van der Waals surface area (Å²) in [5, 5.41) is 3.68. The number of nitrogens with zero attached hydrogens (tertiary/aromatic N) is 1. The van der Waals surface area contributed by atoms with E-state index in [2.05, 4.69) is 32.8 Å². The van der Waals surface area contributed by atoms with Gasteiger partial charge in [-0.25, -0.2) is 0 Å². The zero-order valence-corrected chi connectivity index (χ0v) is 15.3. The van der Waals surface area contributed by atoms with Crippen LogP contribution < -0.4 is 5.32 Å². The van der Waals surface area contributed by atoms with Crippen LogP contribution in [0.1, 0.15) is 12.5 Å². The second kappa shape index (κ2) is 8.50. The lowest BCUT2D eigenvalue weighted by Gasteiger charge is -2.20. The van der Waals surface area contributed by atoms with Crippen LogP contribution in [0.2, 0.25) is 5.02 Å². The van der Waals surface area contributed by atoms with Gasteiger partial charge in [-0.3, -0.25) is 9.69 Å². The van der Waals surface area contributed by atoms with E-state index in [0.29, 0.717) is 13.1 Å². The Balaban J connectivity index is 1.95. The highest BCUT2D eigenvalue weighted by atomic mass is 127. The number of anilines is 1. The van der Waals surface area contributed by atoms with E-state index in [4.69, 9.17) is 11.6 Å². The van der Waals surface area contributed by atoms with E-state index in [0.717, 1.165) is 26.4 Å². The highest BCUT2D eigenvalue weighted by molar-refractivity contribution is 14.1. The Morgan fingerprint density at radius 1 is 1.23 bits per heavy atom. The summed E-state index contributed by atoms with van der Waals surface area (Å²) in [7, 11) is 0. The second-order valence-electron chi connectivity index (χ2n) is 4.96. The lowest BCUT2D eigenvalue weighted by molar-refractivity contribution is -0.117. The van der Waals surface area contributed by atoms with Gasteiger partial charge in [0.15, 0.2) is 0 Å². The van der Waals surface area contributed by atoms with Crippen LogP contribution in [0, 0.1) is 3.57 Å². The lowest BCUT2D eigenvalue weighted by Crippen LogP contribution is -2.32. The van der Waals surface area contributed by atoms with Gasteiger partial charge in [-0.05, 0) is 59.0 Å². The molecular formula is C17H18ClIN2O. The van der Waals surface area contributed by atoms with E-state index in [1.54, 1.807) is 0 Å². The molecule has 3 nitrogen and oxygen atoms in total. The third kappa shape index (κ3) is 5.26. The standard InChI is InChI=1S/C17H18ClIN2O/c1-2-21(11-13-6-5-7-14(18)10-13)12-17(22)20-16-9-4-3-8-15(16)19/h3-10H,2,11-12H2,1H3,(H,20,22). The Kier molecular flexibility index (Phi) is 6.67. The minimum atomic E-state index is -0.00649. The lowest BCUT2D eigenvalue weighted by atomic mass is 10.2. The summed E-state index contributed by atoms with van der Waals surface area (Å²) in [4.78, 5) is 14.3. The van der Waals surface area contributed by atoms with Gasteiger partial charge in [0, 0.05) is 15.1 Å². The second-order valence-corrected chi connectivity index (χ2v) is 6.56. The number of rotatable bonds is 6. The van der Waals surface area contributed by atoms with Gasteiger partial charge in [-0.1, -0.05) is 42.8 Å². The molecule has 2 aromatic rings. The molecule has 2 aromatic carbocycles. The van der Waals surface area contributed by atoms with Crippen LogP contribution in [-0.4, -0.2) is 23.9 Å². The normalized spacial score (nSPS) is 10.7. The molecule has 22 heavy (non-hydrogen) atoms. The van der Waals surface area contributed by atoms with Crippen LogP contribution in [0.5, 0.6) is 0 Å². The first-order chi connectivity index (χ1) is 10.6. The fourth-order valence-electron chi connectivity index (χ4n) is 2.13. The molecule has 1 N–H and O–H groups in total. The first-order valence-electron chi connectivity index (χ1n) is 7.09. The van der Waals surface area contributed by atoms with E-state index in [1.807, 2.05) is 55.5 Å². The van der Waals surface area contributed by atoms with Gasteiger partial charge >= 0.3 is 0 Å². The maximum atomic E-state index is 12.2. The predicted molar refractivity (Wildman–Crippen MR) is 100 cm³/mol. The summed E-state index contributed by atoms with van der Waals surface area (Å²) in [5.41, 5.74) is 1.96. The molecule has 2 rings (SSSR count). The van der Waals surface area contributed by atoms with Crippen molar-refractivity contribution in [1.29, 1.82) is 0 Å². The largest absolute Gasteiger partial charge is 0.324 e. The van der Waals surface area contributed by atoms with Gasteiger partial charge in [0.25, 0.3) is 0 Å². The predicted octanol–water partition coefficient (Wildman–Crippen LogP) is 4.41. The van der Waals surface area contributed by atoms with Crippen LogP contribution >= 0.6 is 34.2 Å². The van der Waals surface area contributed by atoms with E-state index in [9.17, 15) is 4.79 Å². The Bertz CT molecular complexity index is 648. The fourth-order valence-corrected chi connectivity index (χ4v) is 2.86. The maximum absolute atomic E-state index is 12.2. The third-order valence-corrected chi connectivity index (χ3v) is 4.43. The molecule has 0 aliphatic rings. The molecule has 0 atom stereocenters. The molecule has 0 saturated carbocycles. The molecule has 0 spiro atoms. The molecule has 0 heterocycles. The number of halogens is 2. The van der Waals surface area contributed by atoms with Crippen molar-refractivity contribution in [2.24, 2.45) is 0 Å². The van der Waals surface area contributed by atoms with Crippen molar-refractivity contribution < 1.29 is 4.79 Å². The van der Waals surface area contributed by atoms with Crippen molar-refractivity contribution in [3.8, 4) is 0 Å². The van der Waals surface area contributed by atoms with E-state index < -0.39 is 0 Å². The highest BCUT2D eigenvalue weighted by Gasteiger charge is 2.11. The van der Waals surface area contributed by atoms with Crippen LogP contribution in [0.15, 0.2) is 48.5 Å². The van der Waals surface area contributed by atoms with E-state index in [-0.39, 0.29) is 5.91 Å². The number of amides is 1. The Labute approximate surface area is 149 Å². The average molecular weight is 429 g/mol. The summed E-state index contributed by atoms with van der Waals surface area (Å²) < 4.78 is 1.03. The molecule has 0 aliphatic heterocycles. The first-order valence-corrected chi connectivity index (χ1v) is 8.55. The summed E-state index contributed by atoms with van der Waals surface area (Å²) >= 11 is 8.22. The zero-order chi connectivity index (χ0) is 15.9. The number of benzene rings is 2. The van der Waals surface area contributed by atoms with Gasteiger partial charge in [0.05, 0.1) is 12.2 Å². The maximum Gasteiger partial charge on any atom is 0.238 e. The summed E-state index contributed by atoms with van der Waals surface area (Å²) in [6.07, 6.45) is 0. The summed E-state index contributed by atoms with van der Waals surface area (Å²) in [6.45, 7) is 3.90.